The second-order valence-corrected chi connectivity index (χ2v) is 4.61. The molecule has 2 N–H and O–H groups in total. The quantitative estimate of drug-likeness (QED) is 0.835. The number of benzene rings is 1. The molecule has 104 valence electrons. The van der Waals surface area contributed by atoms with Crippen molar-refractivity contribution in [2.75, 3.05) is 6.54 Å². The van der Waals surface area contributed by atoms with Crippen molar-refractivity contribution < 1.29 is 9.90 Å². The minimum atomic E-state index is 0.00461. The zero-order valence-corrected chi connectivity index (χ0v) is 11.2. The molecule has 4 nitrogen and oxygen atoms in total. The smallest absolute Gasteiger partial charge is 0.224 e. The van der Waals surface area contributed by atoms with Crippen molar-refractivity contribution in [1.82, 2.24) is 10.3 Å². The monoisotopic (exact) mass is 270 g/mol. The number of aromatic nitrogens is 1. The fourth-order valence-corrected chi connectivity index (χ4v) is 1.91. The van der Waals surface area contributed by atoms with Crippen LogP contribution in [0.25, 0.3) is 0 Å². The maximum Gasteiger partial charge on any atom is 0.224 e. The van der Waals surface area contributed by atoms with Gasteiger partial charge in [0.1, 0.15) is 0 Å². The molecule has 0 spiro atoms. The molecule has 0 saturated carbocycles. The number of carbonyl (C=O) groups excluding carboxylic acids is 1. The Bertz CT molecular complexity index is 538. The van der Waals surface area contributed by atoms with Crippen molar-refractivity contribution >= 4 is 5.91 Å². The summed E-state index contributed by atoms with van der Waals surface area (Å²) < 4.78 is 0. The number of aliphatic hydroxyl groups is 1. The first-order chi connectivity index (χ1) is 9.78. The Labute approximate surface area is 118 Å². The van der Waals surface area contributed by atoms with Gasteiger partial charge in [0.15, 0.2) is 0 Å². The third-order valence-electron chi connectivity index (χ3n) is 3.03. The minimum absolute atomic E-state index is 0.00461. The van der Waals surface area contributed by atoms with E-state index in [9.17, 15) is 4.79 Å². The van der Waals surface area contributed by atoms with E-state index in [1.165, 1.54) is 0 Å². The lowest BCUT2D eigenvalue weighted by Gasteiger charge is -2.06. The summed E-state index contributed by atoms with van der Waals surface area (Å²) in [6, 6.07) is 11.4. The van der Waals surface area contributed by atoms with E-state index in [0.29, 0.717) is 13.0 Å². The molecule has 0 fully saturated rings. The van der Waals surface area contributed by atoms with Crippen LogP contribution in [0.4, 0.5) is 0 Å². The van der Waals surface area contributed by atoms with Crippen LogP contribution in [0.1, 0.15) is 16.7 Å². The van der Waals surface area contributed by atoms with Gasteiger partial charge in [-0.2, -0.15) is 0 Å². The van der Waals surface area contributed by atoms with Crippen LogP contribution >= 0.6 is 0 Å². The fourth-order valence-electron chi connectivity index (χ4n) is 1.91. The highest BCUT2D eigenvalue weighted by molar-refractivity contribution is 5.78. The van der Waals surface area contributed by atoms with Crippen molar-refractivity contribution in [3.63, 3.8) is 0 Å². The molecule has 1 heterocycles. The van der Waals surface area contributed by atoms with Gasteiger partial charge >= 0.3 is 0 Å². The SMILES string of the molecule is O=C(Cc1cccnc1)NCCc1ccc(CO)cc1. The molecule has 20 heavy (non-hydrogen) atoms. The molecule has 1 amide bonds. The lowest BCUT2D eigenvalue weighted by molar-refractivity contribution is -0.120. The molecular weight excluding hydrogens is 252 g/mol. The lowest BCUT2D eigenvalue weighted by Crippen LogP contribution is -2.27. The van der Waals surface area contributed by atoms with E-state index in [4.69, 9.17) is 5.11 Å². The molecule has 2 aromatic rings. The third kappa shape index (κ3) is 4.48. The molecule has 1 aromatic carbocycles. The molecule has 0 bridgehead atoms. The second kappa shape index (κ2) is 7.40. The first-order valence-corrected chi connectivity index (χ1v) is 6.62. The number of hydrogen-bond donors (Lipinski definition) is 2. The predicted octanol–water partition coefficient (Wildman–Crippen LogP) is 1.48. The highest BCUT2D eigenvalue weighted by atomic mass is 16.3. The number of nitrogens with one attached hydrogen (secondary N) is 1. The highest BCUT2D eigenvalue weighted by Crippen LogP contribution is 2.04. The van der Waals surface area contributed by atoms with Gasteiger partial charge in [-0.25, -0.2) is 0 Å². The zero-order chi connectivity index (χ0) is 14.2. The van der Waals surface area contributed by atoms with Gasteiger partial charge in [-0.15, -0.1) is 0 Å². The number of hydrogen-bond acceptors (Lipinski definition) is 3. The van der Waals surface area contributed by atoms with Gasteiger partial charge in [0, 0.05) is 18.9 Å². The summed E-state index contributed by atoms with van der Waals surface area (Å²) >= 11 is 0. The van der Waals surface area contributed by atoms with E-state index < -0.39 is 0 Å². The summed E-state index contributed by atoms with van der Waals surface area (Å²) in [5.74, 6) is 0.00461. The van der Waals surface area contributed by atoms with Gasteiger partial charge in [0.2, 0.25) is 5.91 Å². The summed E-state index contributed by atoms with van der Waals surface area (Å²) in [7, 11) is 0. The standard InChI is InChI=1S/C16H18N2O2/c19-12-14-5-3-13(4-6-14)7-9-18-16(20)10-15-2-1-8-17-11-15/h1-6,8,11,19H,7,9-10,12H2,(H,18,20). The molecule has 0 aliphatic rings. The van der Waals surface area contributed by atoms with E-state index >= 15 is 0 Å². The number of nitrogens with zero attached hydrogens (tertiary/aromatic N) is 1. The summed E-state index contributed by atoms with van der Waals surface area (Å²) in [4.78, 5) is 15.7. The summed E-state index contributed by atoms with van der Waals surface area (Å²) in [6.45, 7) is 0.666. The van der Waals surface area contributed by atoms with E-state index in [0.717, 1.165) is 23.1 Å². The molecule has 2 rings (SSSR count). The van der Waals surface area contributed by atoms with Crippen molar-refractivity contribution in [3.8, 4) is 0 Å². The van der Waals surface area contributed by atoms with Gasteiger partial charge in [-0.1, -0.05) is 30.3 Å². The molecule has 0 radical (unpaired) electrons. The van der Waals surface area contributed by atoms with Crippen LogP contribution in [0.5, 0.6) is 0 Å². The molecule has 1 aromatic heterocycles. The van der Waals surface area contributed by atoms with E-state index in [1.54, 1.807) is 12.4 Å². The number of amides is 1. The maximum absolute atomic E-state index is 11.7. The Morgan fingerprint density at radius 3 is 2.50 bits per heavy atom. The first-order valence-electron chi connectivity index (χ1n) is 6.62. The van der Waals surface area contributed by atoms with Crippen LogP contribution < -0.4 is 5.32 Å². The summed E-state index contributed by atoms with van der Waals surface area (Å²) in [5.41, 5.74) is 2.95. The molecular formula is C16H18N2O2. The Morgan fingerprint density at radius 1 is 1.10 bits per heavy atom. The van der Waals surface area contributed by atoms with Crippen molar-refractivity contribution in [3.05, 3.63) is 65.5 Å². The lowest BCUT2D eigenvalue weighted by atomic mass is 10.1. The number of aliphatic hydroxyl groups excluding tert-OH is 1. The van der Waals surface area contributed by atoms with E-state index in [1.807, 2.05) is 36.4 Å². The van der Waals surface area contributed by atoms with Crippen molar-refractivity contribution in [2.24, 2.45) is 0 Å². The van der Waals surface area contributed by atoms with Crippen LogP contribution in [0, 0.1) is 0 Å². The van der Waals surface area contributed by atoms with Crippen LogP contribution in [0.2, 0.25) is 0 Å². The largest absolute Gasteiger partial charge is 0.392 e. The van der Waals surface area contributed by atoms with Crippen LogP contribution in [-0.4, -0.2) is 22.5 Å². The summed E-state index contributed by atoms with van der Waals surface area (Å²) in [5, 5.41) is 11.8. The van der Waals surface area contributed by atoms with Gasteiger partial charge in [0.25, 0.3) is 0 Å². The molecule has 0 atom stereocenters. The Morgan fingerprint density at radius 2 is 1.85 bits per heavy atom. The van der Waals surface area contributed by atoms with Gasteiger partial charge in [0.05, 0.1) is 13.0 Å². The fraction of sp³-hybridized carbons (Fsp3) is 0.250. The predicted molar refractivity (Wildman–Crippen MR) is 77.0 cm³/mol. The topological polar surface area (TPSA) is 62.2 Å². The van der Waals surface area contributed by atoms with Crippen LogP contribution in [-0.2, 0) is 24.2 Å². The molecule has 4 heteroatoms. The molecule has 0 unspecified atom stereocenters. The average Bonchev–Trinajstić information content (AvgIpc) is 2.49. The second-order valence-electron chi connectivity index (χ2n) is 4.61. The molecule has 0 aliphatic heterocycles. The number of rotatable bonds is 6. The Kier molecular flexibility index (Phi) is 5.26. The van der Waals surface area contributed by atoms with Crippen molar-refractivity contribution in [2.45, 2.75) is 19.4 Å². The number of carbonyl (C=O) groups is 1. The van der Waals surface area contributed by atoms with E-state index in [2.05, 4.69) is 10.3 Å². The van der Waals surface area contributed by atoms with Gasteiger partial charge in [-0.05, 0) is 29.2 Å². The van der Waals surface area contributed by atoms with Crippen LogP contribution in [0.15, 0.2) is 48.8 Å². The summed E-state index contributed by atoms with van der Waals surface area (Å²) in [6.07, 6.45) is 4.53. The Hall–Kier alpha value is -2.20. The normalized spacial score (nSPS) is 10.2. The Balaban J connectivity index is 1.73. The number of pyridine rings is 1. The van der Waals surface area contributed by atoms with E-state index in [-0.39, 0.29) is 12.5 Å². The third-order valence-corrected chi connectivity index (χ3v) is 3.03. The highest BCUT2D eigenvalue weighted by Gasteiger charge is 2.02. The van der Waals surface area contributed by atoms with Gasteiger partial charge < -0.3 is 10.4 Å². The average molecular weight is 270 g/mol. The van der Waals surface area contributed by atoms with Crippen LogP contribution in [0.3, 0.4) is 0 Å². The maximum atomic E-state index is 11.7. The molecule has 0 aliphatic carbocycles. The van der Waals surface area contributed by atoms with Gasteiger partial charge in [-0.3, -0.25) is 9.78 Å². The first kappa shape index (κ1) is 14.2. The zero-order valence-electron chi connectivity index (χ0n) is 11.2. The van der Waals surface area contributed by atoms with Crippen molar-refractivity contribution in [1.29, 1.82) is 0 Å². The molecule has 0 saturated heterocycles. The minimum Gasteiger partial charge on any atom is -0.392 e.